The van der Waals surface area contributed by atoms with Crippen LogP contribution in [0.5, 0.6) is 0 Å². The minimum Gasteiger partial charge on any atom is -0.324 e. The molecule has 0 spiro atoms. The minimum absolute atomic E-state index is 0.132. The average Bonchev–Trinajstić information content (AvgIpc) is 2.71. The fourth-order valence-electron chi connectivity index (χ4n) is 3.55. The van der Waals surface area contributed by atoms with Gasteiger partial charge in [0.15, 0.2) is 0 Å². The van der Waals surface area contributed by atoms with Gasteiger partial charge < -0.3 is 5.32 Å². The molecule has 0 aliphatic carbocycles. The van der Waals surface area contributed by atoms with Crippen molar-refractivity contribution in [3.63, 3.8) is 0 Å². The highest BCUT2D eigenvalue weighted by Gasteiger charge is 2.23. The van der Waals surface area contributed by atoms with Crippen molar-refractivity contribution in [2.24, 2.45) is 0 Å². The summed E-state index contributed by atoms with van der Waals surface area (Å²) in [6, 6.07) is 13.0. The zero-order valence-electron chi connectivity index (χ0n) is 15.1. The normalized spacial score (nSPS) is 17.6. The smallest absolute Gasteiger partial charge is 0.150 e. The summed E-state index contributed by atoms with van der Waals surface area (Å²) in [6.45, 7) is 2.51. The zero-order valence-corrected chi connectivity index (χ0v) is 15.1. The van der Waals surface area contributed by atoms with Gasteiger partial charge in [-0.3, -0.25) is 9.88 Å². The van der Waals surface area contributed by atoms with E-state index in [1.807, 2.05) is 24.3 Å². The Balaban J connectivity index is 1.45. The van der Waals surface area contributed by atoms with Crippen LogP contribution in [0.4, 0.5) is 16.0 Å². The molecule has 1 N–H and O–H groups in total. The number of pyridine rings is 1. The Morgan fingerprint density at radius 2 is 2.00 bits per heavy atom. The summed E-state index contributed by atoms with van der Waals surface area (Å²) >= 11 is 0. The molecule has 0 saturated carbocycles. The lowest BCUT2D eigenvalue weighted by atomic mass is 9.94. The van der Waals surface area contributed by atoms with Crippen LogP contribution in [0, 0.1) is 5.82 Å². The van der Waals surface area contributed by atoms with E-state index in [0.29, 0.717) is 18.3 Å². The third-order valence-corrected chi connectivity index (χ3v) is 4.87. The van der Waals surface area contributed by atoms with Crippen LogP contribution in [0.2, 0.25) is 0 Å². The number of halogens is 1. The van der Waals surface area contributed by atoms with Gasteiger partial charge in [-0.15, -0.1) is 0 Å². The van der Waals surface area contributed by atoms with Crippen LogP contribution in [0.3, 0.4) is 0 Å². The van der Waals surface area contributed by atoms with E-state index in [1.54, 1.807) is 24.7 Å². The number of anilines is 2. The molecule has 1 aliphatic heterocycles. The quantitative estimate of drug-likeness (QED) is 0.738. The standard InChI is InChI=1S/C21H22FN5/c22-18-7-2-1-5-16(18)14-27-12-4-6-17(15-27)19-8-3-9-20(25-19)26-21-13-23-10-11-24-21/h1-3,5,7-11,13,17H,4,6,12,14-15H2,(H,24,25,26)/t17-/m1/s1. The topological polar surface area (TPSA) is 53.9 Å². The second-order valence-electron chi connectivity index (χ2n) is 6.83. The molecule has 5 nitrogen and oxygen atoms in total. The molecule has 1 aromatic carbocycles. The number of nitrogens with one attached hydrogen (secondary N) is 1. The molecule has 0 bridgehead atoms. The Hall–Kier alpha value is -2.86. The highest BCUT2D eigenvalue weighted by atomic mass is 19.1. The lowest BCUT2D eigenvalue weighted by Gasteiger charge is -2.32. The highest BCUT2D eigenvalue weighted by molar-refractivity contribution is 5.50. The number of hydrogen-bond acceptors (Lipinski definition) is 5. The lowest BCUT2D eigenvalue weighted by molar-refractivity contribution is 0.196. The van der Waals surface area contributed by atoms with Crippen molar-refractivity contribution in [3.8, 4) is 0 Å². The van der Waals surface area contributed by atoms with E-state index in [1.165, 1.54) is 6.07 Å². The SMILES string of the molecule is Fc1ccccc1CN1CCC[C@@H](c2cccc(Nc3cnccn3)n2)C1. The number of benzene rings is 1. The maximum Gasteiger partial charge on any atom is 0.150 e. The maximum atomic E-state index is 14.0. The fraction of sp³-hybridized carbons (Fsp3) is 0.286. The van der Waals surface area contributed by atoms with Crippen molar-refractivity contribution < 1.29 is 4.39 Å². The molecule has 138 valence electrons. The molecule has 2 aromatic heterocycles. The first-order valence-electron chi connectivity index (χ1n) is 9.24. The monoisotopic (exact) mass is 363 g/mol. The molecule has 27 heavy (non-hydrogen) atoms. The van der Waals surface area contributed by atoms with Crippen molar-refractivity contribution >= 4 is 11.6 Å². The number of aromatic nitrogens is 3. The summed E-state index contributed by atoms with van der Waals surface area (Å²) in [6.07, 6.45) is 7.14. The summed E-state index contributed by atoms with van der Waals surface area (Å²) in [5.41, 5.74) is 1.81. The first-order valence-corrected chi connectivity index (χ1v) is 9.24. The van der Waals surface area contributed by atoms with Gasteiger partial charge in [-0.2, -0.15) is 0 Å². The predicted octanol–water partition coefficient (Wildman–Crippen LogP) is 4.13. The molecule has 3 heterocycles. The van der Waals surface area contributed by atoms with E-state index in [4.69, 9.17) is 4.98 Å². The third-order valence-electron chi connectivity index (χ3n) is 4.87. The van der Waals surface area contributed by atoms with E-state index >= 15 is 0 Å². The number of hydrogen-bond donors (Lipinski definition) is 1. The molecule has 0 unspecified atom stereocenters. The van der Waals surface area contributed by atoms with Crippen LogP contribution in [0.15, 0.2) is 61.1 Å². The minimum atomic E-state index is -0.132. The first kappa shape index (κ1) is 17.5. The second kappa shape index (κ2) is 8.22. The fourth-order valence-corrected chi connectivity index (χ4v) is 3.55. The van der Waals surface area contributed by atoms with Crippen LogP contribution >= 0.6 is 0 Å². The largest absolute Gasteiger partial charge is 0.324 e. The van der Waals surface area contributed by atoms with Crippen LogP contribution in [0.1, 0.15) is 30.0 Å². The molecule has 0 radical (unpaired) electrons. The first-order chi connectivity index (χ1) is 13.3. The number of piperidine rings is 1. The summed E-state index contributed by atoms with van der Waals surface area (Å²) in [5, 5.41) is 3.19. The highest BCUT2D eigenvalue weighted by Crippen LogP contribution is 2.28. The van der Waals surface area contributed by atoms with E-state index < -0.39 is 0 Å². The van der Waals surface area contributed by atoms with Gasteiger partial charge in [0.1, 0.15) is 17.5 Å². The molecule has 0 amide bonds. The number of nitrogens with zero attached hydrogens (tertiary/aromatic N) is 4. The summed E-state index contributed by atoms with van der Waals surface area (Å²) < 4.78 is 14.0. The molecular weight excluding hydrogens is 341 g/mol. The zero-order chi connectivity index (χ0) is 18.5. The van der Waals surface area contributed by atoms with Crippen molar-refractivity contribution in [1.82, 2.24) is 19.9 Å². The van der Waals surface area contributed by atoms with Gasteiger partial charge >= 0.3 is 0 Å². The van der Waals surface area contributed by atoms with E-state index in [-0.39, 0.29) is 5.82 Å². The molecule has 1 fully saturated rings. The van der Waals surface area contributed by atoms with Crippen LogP contribution < -0.4 is 5.32 Å². The average molecular weight is 363 g/mol. The molecule has 4 rings (SSSR count). The summed E-state index contributed by atoms with van der Waals surface area (Å²) in [7, 11) is 0. The third kappa shape index (κ3) is 4.46. The Morgan fingerprint density at radius 3 is 2.85 bits per heavy atom. The Bertz CT molecular complexity index is 887. The second-order valence-corrected chi connectivity index (χ2v) is 6.83. The van der Waals surface area contributed by atoms with Crippen molar-refractivity contribution in [2.75, 3.05) is 18.4 Å². The molecular formula is C21H22FN5. The molecule has 1 atom stereocenters. The van der Waals surface area contributed by atoms with Gasteiger partial charge in [0, 0.05) is 42.7 Å². The van der Waals surface area contributed by atoms with E-state index in [9.17, 15) is 4.39 Å². The lowest BCUT2D eigenvalue weighted by Crippen LogP contribution is -2.34. The van der Waals surface area contributed by atoms with Crippen LogP contribution in [-0.2, 0) is 6.54 Å². The van der Waals surface area contributed by atoms with Crippen LogP contribution in [-0.4, -0.2) is 32.9 Å². The van der Waals surface area contributed by atoms with E-state index in [0.717, 1.165) is 43.0 Å². The van der Waals surface area contributed by atoms with Gasteiger partial charge in [0.2, 0.25) is 0 Å². The van der Waals surface area contributed by atoms with Gasteiger partial charge in [-0.05, 0) is 37.6 Å². The van der Waals surface area contributed by atoms with Crippen molar-refractivity contribution in [2.45, 2.75) is 25.3 Å². The number of likely N-dealkylation sites (tertiary alicyclic amines) is 1. The Kier molecular flexibility index (Phi) is 5.34. The van der Waals surface area contributed by atoms with Crippen molar-refractivity contribution in [3.05, 3.63) is 78.1 Å². The number of rotatable bonds is 5. The molecule has 1 aliphatic rings. The molecule has 1 saturated heterocycles. The molecule has 3 aromatic rings. The van der Waals surface area contributed by atoms with Gasteiger partial charge in [0.05, 0.1) is 6.20 Å². The Labute approximate surface area is 158 Å². The summed E-state index contributed by atoms with van der Waals surface area (Å²) in [4.78, 5) is 15.4. The van der Waals surface area contributed by atoms with Gasteiger partial charge in [-0.1, -0.05) is 24.3 Å². The van der Waals surface area contributed by atoms with Gasteiger partial charge in [0.25, 0.3) is 0 Å². The maximum absolute atomic E-state index is 14.0. The van der Waals surface area contributed by atoms with Crippen molar-refractivity contribution in [1.29, 1.82) is 0 Å². The molecule has 6 heteroatoms. The van der Waals surface area contributed by atoms with E-state index in [2.05, 4.69) is 26.3 Å². The predicted molar refractivity (Wildman–Crippen MR) is 103 cm³/mol. The Morgan fingerprint density at radius 1 is 1.07 bits per heavy atom. The van der Waals surface area contributed by atoms with Gasteiger partial charge in [-0.25, -0.2) is 14.4 Å². The van der Waals surface area contributed by atoms with Crippen LogP contribution in [0.25, 0.3) is 0 Å². The summed E-state index contributed by atoms with van der Waals surface area (Å²) in [5.74, 6) is 1.65.